The van der Waals surface area contributed by atoms with Crippen LogP contribution in [0.5, 0.6) is 0 Å². The van der Waals surface area contributed by atoms with Crippen molar-refractivity contribution in [3.63, 3.8) is 0 Å². The average Bonchev–Trinajstić information content (AvgIpc) is 1.90. The zero-order valence-electron chi connectivity index (χ0n) is 6.96. The summed E-state index contributed by atoms with van der Waals surface area (Å²) < 4.78 is 4.18. The van der Waals surface area contributed by atoms with Gasteiger partial charge < -0.3 is 10.5 Å². The Morgan fingerprint density at radius 3 is 2.18 bits per heavy atom. The van der Waals surface area contributed by atoms with Crippen LogP contribution in [0.2, 0.25) is 0 Å². The summed E-state index contributed by atoms with van der Waals surface area (Å²) in [6.45, 7) is 4.04. The summed E-state index contributed by atoms with van der Waals surface area (Å²) in [6.07, 6.45) is 0.966. The molecule has 0 heterocycles. The second-order valence-electron chi connectivity index (χ2n) is 1.66. The number of carbonyl (C=O) groups is 1. The molecule has 0 saturated carbocycles. The van der Waals surface area contributed by atoms with E-state index in [1.165, 1.54) is 0 Å². The molecule has 0 radical (unpaired) electrons. The van der Waals surface area contributed by atoms with Gasteiger partial charge in [0.1, 0.15) is 0 Å². The molecular weight excluding hydrogens is 144 g/mol. The molecule has 0 unspecified atom stereocenters. The number of nitriles is 1. The van der Waals surface area contributed by atoms with E-state index in [2.05, 4.69) is 10.5 Å². The highest BCUT2D eigenvalue weighted by atomic mass is 16.5. The molecule has 2 N–H and O–H groups in total. The summed E-state index contributed by atoms with van der Waals surface area (Å²) in [5.74, 6) is 0. The van der Waals surface area contributed by atoms with E-state index in [1.807, 2.05) is 13.0 Å². The Morgan fingerprint density at radius 1 is 1.64 bits per heavy atom. The van der Waals surface area contributed by atoms with Crippen molar-refractivity contribution in [2.45, 2.75) is 26.7 Å². The molecule has 0 aromatic heterocycles. The lowest BCUT2D eigenvalue weighted by molar-refractivity contribution is 0.163. The summed E-state index contributed by atoms with van der Waals surface area (Å²) in [4.78, 5) is 9.60. The molecule has 0 aliphatic rings. The van der Waals surface area contributed by atoms with Crippen molar-refractivity contribution in [1.29, 1.82) is 5.26 Å². The van der Waals surface area contributed by atoms with Gasteiger partial charge in [0, 0.05) is 6.42 Å². The molecule has 0 aliphatic heterocycles. The lowest BCUT2D eigenvalue weighted by Gasteiger charge is -1.89. The van der Waals surface area contributed by atoms with Gasteiger partial charge in [-0.25, -0.2) is 4.79 Å². The van der Waals surface area contributed by atoms with E-state index < -0.39 is 6.09 Å². The smallest absolute Gasteiger partial charge is 0.404 e. The third kappa shape index (κ3) is 28.3. The fourth-order valence-corrected chi connectivity index (χ4v) is 0.254. The first kappa shape index (κ1) is 12.4. The number of amides is 1. The predicted molar refractivity (Wildman–Crippen MR) is 41.7 cm³/mol. The molecule has 0 atom stereocenters. The van der Waals surface area contributed by atoms with Crippen LogP contribution in [0.3, 0.4) is 0 Å². The van der Waals surface area contributed by atoms with Crippen LogP contribution in [0.1, 0.15) is 26.7 Å². The Labute approximate surface area is 66.9 Å². The Morgan fingerprint density at radius 2 is 2.18 bits per heavy atom. The van der Waals surface area contributed by atoms with Gasteiger partial charge in [-0.15, -0.1) is 0 Å². The van der Waals surface area contributed by atoms with E-state index in [4.69, 9.17) is 5.26 Å². The summed E-state index contributed by atoms with van der Waals surface area (Å²) in [5.41, 5.74) is 4.54. The van der Waals surface area contributed by atoms with Gasteiger partial charge in [0.15, 0.2) is 0 Å². The van der Waals surface area contributed by atoms with Gasteiger partial charge in [0.25, 0.3) is 0 Å². The largest absolute Gasteiger partial charge is 0.450 e. The maximum atomic E-state index is 9.60. The Bertz CT molecular complexity index is 129. The van der Waals surface area contributed by atoms with Gasteiger partial charge in [0.2, 0.25) is 0 Å². The molecule has 4 heteroatoms. The number of hydrogen-bond donors (Lipinski definition) is 1. The van der Waals surface area contributed by atoms with Crippen LogP contribution in [0.4, 0.5) is 4.79 Å². The fourth-order valence-electron chi connectivity index (χ4n) is 0.254. The molecule has 0 aromatic rings. The van der Waals surface area contributed by atoms with Gasteiger partial charge >= 0.3 is 6.09 Å². The van der Waals surface area contributed by atoms with Gasteiger partial charge in [-0.05, 0) is 13.3 Å². The third-order valence-electron chi connectivity index (χ3n) is 0.648. The molecule has 0 aromatic carbocycles. The second kappa shape index (κ2) is 11.5. The van der Waals surface area contributed by atoms with Crippen molar-refractivity contribution in [2.24, 2.45) is 5.73 Å². The van der Waals surface area contributed by atoms with Crippen LogP contribution in [-0.2, 0) is 4.74 Å². The lowest BCUT2D eigenvalue weighted by Crippen LogP contribution is -2.11. The molecule has 0 bridgehead atoms. The van der Waals surface area contributed by atoms with E-state index in [0.717, 1.165) is 6.42 Å². The van der Waals surface area contributed by atoms with E-state index >= 15 is 0 Å². The Kier molecular flexibility index (Phi) is 13.1. The number of ether oxygens (including phenoxy) is 1. The summed E-state index contributed by atoms with van der Waals surface area (Å²) in [5, 5.41) is 7.82. The number of nitrogens with zero attached hydrogens (tertiary/aromatic N) is 1. The first-order valence-corrected chi connectivity index (χ1v) is 3.48. The van der Waals surface area contributed by atoms with Crippen LogP contribution in [0.25, 0.3) is 0 Å². The monoisotopic (exact) mass is 158 g/mol. The molecule has 0 fully saturated rings. The van der Waals surface area contributed by atoms with Crippen molar-refractivity contribution in [3.05, 3.63) is 0 Å². The molecule has 0 aliphatic carbocycles. The van der Waals surface area contributed by atoms with E-state index in [1.54, 1.807) is 6.92 Å². The number of carbonyl (C=O) groups excluding carboxylic acids is 1. The zero-order valence-corrected chi connectivity index (χ0v) is 6.96. The fraction of sp³-hybridized carbons (Fsp3) is 0.714. The number of primary amides is 1. The highest BCUT2D eigenvalue weighted by molar-refractivity contribution is 5.64. The van der Waals surface area contributed by atoms with Crippen molar-refractivity contribution in [1.82, 2.24) is 0 Å². The number of hydrogen-bond acceptors (Lipinski definition) is 3. The molecule has 4 nitrogen and oxygen atoms in total. The average molecular weight is 158 g/mol. The minimum atomic E-state index is -0.711. The van der Waals surface area contributed by atoms with E-state index in [9.17, 15) is 4.79 Å². The van der Waals surface area contributed by atoms with Crippen molar-refractivity contribution in [3.8, 4) is 6.07 Å². The first-order valence-electron chi connectivity index (χ1n) is 3.48. The highest BCUT2D eigenvalue weighted by Crippen LogP contribution is 1.77. The van der Waals surface area contributed by atoms with Crippen LogP contribution >= 0.6 is 0 Å². The standard InChI is InChI=1S/C4H7N.C3H7NO2/c1-2-3-4-5;1-2-6-3(4)5/h2-3H2,1H3;2H2,1H3,(H2,4,5). The SMILES string of the molecule is CCCC#N.CCOC(N)=O. The van der Waals surface area contributed by atoms with Gasteiger partial charge in [-0.2, -0.15) is 5.26 Å². The summed E-state index contributed by atoms with van der Waals surface area (Å²) in [6, 6.07) is 2.02. The molecule has 0 rings (SSSR count). The minimum Gasteiger partial charge on any atom is -0.450 e. The van der Waals surface area contributed by atoms with Crippen LogP contribution in [0, 0.1) is 11.3 Å². The van der Waals surface area contributed by atoms with Gasteiger partial charge in [-0.1, -0.05) is 6.92 Å². The quantitative estimate of drug-likeness (QED) is 0.660. The van der Waals surface area contributed by atoms with Gasteiger partial charge in [0.05, 0.1) is 12.7 Å². The summed E-state index contributed by atoms with van der Waals surface area (Å²) in [7, 11) is 0. The lowest BCUT2D eigenvalue weighted by atomic mass is 10.4. The van der Waals surface area contributed by atoms with E-state index in [-0.39, 0.29) is 0 Å². The number of rotatable bonds is 2. The van der Waals surface area contributed by atoms with Crippen LogP contribution < -0.4 is 5.73 Å². The normalized spacial score (nSPS) is 7.00. The molecular formula is C7H14N2O2. The molecule has 0 spiro atoms. The Balaban J connectivity index is 0. The zero-order chi connectivity index (χ0) is 9.11. The molecule has 1 amide bonds. The summed E-state index contributed by atoms with van der Waals surface area (Å²) >= 11 is 0. The molecule has 0 saturated heterocycles. The molecule has 11 heavy (non-hydrogen) atoms. The topological polar surface area (TPSA) is 76.1 Å². The van der Waals surface area contributed by atoms with Crippen LogP contribution in [0.15, 0.2) is 0 Å². The van der Waals surface area contributed by atoms with Crippen LogP contribution in [-0.4, -0.2) is 12.7 Å². The van der Waals surface area contributed by atoms with Crippen molar-refractivity contribution in [2.75, 3.05) is 6.61 Å². The maximum Gasteiger partial charge on any atom is 0.404 e. The maximum absolute atomic E-state index is 9.60. The predicted octanol–water partition coefficient (Wildman–Crippen LogP) is 1.41. The van der Waals surface area contributed by atoms with Crippen molar-refractivity contribution >= 4 is 6.09 Å². The highest BCUT2D eigenvalue weighted by Gasteiger charge is 1.82. The Hall–Kier alpha value is -1.24. The number of unbranched alkanes of at least 4 members (excludes halogenated alkanes) is 1. The molecule has 64 valence electrons. The van der Waals surface area contributed by atoms with Crippen molar-refractivity contribution < 1.29 is 9.53 Å². The second-order valence-corrected chi connectivity index (χ2v) is 1.66. The first-order chi connectivity index (χ1) is 5.18. The third-order valence-corrected chi connectivity index (χ3v) is 0.648. The van der Waals surface area contributed by atoms with Gasteiger partial charge in [-0.3, -0.25) is 0 Å². The van der Waals surface area contributed by atoms with E-state index in [0.29, 0.717) is 13.0 Å². The number of nitrogens with two attached hydrogens (primary N) is 1. The minimum absolute atomic E-state index is 0.356.